The average Bonchev–Trinajstić information content (AvgIpc) is 2.31. The van der Waals surface area contributed by atoms with Crippen LogP contribution in [0.5, 0.6) is 0 Å². The second-order valence-corrected chi connectivity index (χ2v) is 5.09. The molecule has 2 atom stereocenters. The fourth-order valence-electron chi connectivity index (χ4n) is 2.98. The van der Waals surface area contributed by atoms with Crippen molar-refractivity contribution in [2.45, 2.75) is 38.1 Å². The van der Waals surface area contributed by atoms with E-state index in [-0.39, 0.29) is 24.8 Å². The molecule has 2 fully saturated rings. The topological polar surface area (TPSA) is 41.3 Å². The molecule has 0 aromatic rings. The second-order valence-electron chi connectivity index (χ2n) is 5.09. The summed E-state index contributed by atoms with van der Waals surface area (Å²) in [7, 11) is 0. The molecule has 2 rings (SSSR count). The molecule has 2 heterocycles. The minimum absolute atomic E-state index is 0. The summed E-state index contributed by atoms with van der Waals surface area (Å²) in [5.41, 5.74) is 5.84. The molecule has 3 N–H and O–H groups in total. The molecule has 0 aromatic carbocycles. The van der Waals surface area contributed by atoms with Crippen LogP contribution in [0.2, 0.25) is 0 Å². The standard InChI is InChI=1S/C12H25N3.2ClH/c13-8-12-5-1-2-7-15(12)10-11-4-3-6-14-9-11;;/h11-12,14H,1-10,13H2;2*1H. The van der Waals surface area contributed by atoms with E-state index in [0.717, 1.165) is 12.5 Å². The lowest BCUT2D eigenvalue weighted by Gasteiger charge is -2.38. The number of halogens is 2. The van der Waals surface area contributed by atoms with Gasteiger partial charge >= 0.3 is 0 Å². The molecule has 17 heavy (non-hydrogen) atoms. The molecule has 2 saturated heterocycles. The van der Waals surface area contributed by atoms with Crippen LogP contribution in [-0.4, -0.2) is 43.7 Å². The molecule has 2 unspecified atom stereocenters. The third-order valence-electron chi connectivity index (χ3n) is 3.91. The zero-order valence-corrected chi connectivity index (χ0v) is 12.2. The Hall–Kier alpha value is 0.460. The van der Waals surface area contributed by atoms with Gasteiger partial charge in [0.15, 0.2) is 0 Å². The summed E-state index contributed by atoms with van der Waals surface area (Å²) in [6, 6.07) is 0.667. The number of rotatable bonds is 3. The highest BCUT2D eigenvalue weighted by atomic mass is 35.5. The molecule has 0 amide bonds. The van der Waals surface area contributed by atoms with E-state index >= 15 is 0 Å². The van der Waals surface area contributed by atoms with Crippen LogP contribution in [0.3, 0.4) is 0 Å². The number of nitrogens with zero attached hydrogens (tertiary/aromatic N) is 1. The SMILES string of the molecule is Cl.Cl.NCC1CCCCN1CC1CCCNC1. The van der Waals surface area contributed by atoms with Crippen LogP contribution in [0.4, 0.5) is 0 Å². The Labute approximate surface area is 118 Å². The Balaban J connectivity index is 0.00000128. The van der Waals surface area contributed by atoms with Crippen molar-refractivity contribution in [1.82, 2.24) is 10.2 Å². The van der Waals surface area contributed by atoms with E-state index in [1.165, 1.54) is 58.3 Å². The van der Waals surface area contributed by atoms with Crippen LogP contribution < -0.4 is 11.1 Å². The number of hydrogen-bond donors (Lipinski definition) is 2. The first-order valence-corrected chi connectivity index (χ1v) is 6.55. The maximum atomic E-state index is 5.84. The van der Waals surface area contributed by atoms with Gasteiger partial charge in [0.25, 0.3) is 0 Å². The summed E-state index contributed by atoms with van der Waals surface area (Å²) < 4.78 is 0. The highest BCUT2D eigenvalue weighted by molar-refractivity contribution is 5.85. The predicted octanol–water partition coefficient (Wildman–Crippen LogP) is 1.64. The molecule has 0 aliphatic carbocycles. The van der Waals surface area contributed by atoms with Gasteiger partial charge < -0.3 is 11.1 Å². The van der Waals surface area contributed by atoms with Gasteiger partial charge in [-0.15, -0.1) is 24.8 Å². The van der Waals surface area contributed by atoms with E-state index in [1.807, 2.05) is 0 Å². The fraction of sp³-hybridized carbons (Fsp3) is 1.00. The first-order valence-electron chi connectivity index (χ1n) is 6.55. The maximum absolute atomic E-state index is 5.84. The molecule has 104 valence electrons. The van der Waals surface area contributed by atoms with Gasteiger partial charge in [-0.3, -0.25) is 4.90 Å². The number of likely N-dealkylation sites (tertiary alicyclic amines) is 1. The smallest absolute Gasteiger partial charge is 0.0218 e. The lowest BCUT2D eigenvalue weighted by atomic mass is 9.95. The molecular weight excluding hydrogens is 257 g/mol. The van der Waals surface area contributed by atoms with Crippen LogP contribution in [0, 0.1) is 5.92 Å². The van der Waals surface area contributed by atoms with Gasteiger partial charge in [-0.25, -0.2) is 0 Å². The number of nitrogens with two attached hydrogens (primary N) is 1. The van der Waals surface area contributed by atoms with Crippen molar-refractivity contribution in [3.63, 3.8) is 0 Å². The molecule has 0 spiro atoms. The highest BCUT2D eigenvalue weighted by Gasteiger charge is 2.24. The summed E-state index contributed by atoms with van der Waals surface area (Å²) in [6.07, 6.45) is 6.82. The van der Waals surface area contributed by atoms with Gasteiger partial charge in [0.2, 0.25) is 0 Å². The number of hydrogen-bond acceptors (Lipinski definition) is 3. The van der Waals surface area contributed by atoms with E-state index in [1.54, 1.807) is 0 Å². The van der Waals surface area contributed by atoms with Gasteiger partial charge in [0.1, 0.15) is 0 Å². The van der Waals surface area contributed by atoms with Crippen LogP contribution in [0.25, 0.3) is 0 Å². The second kappa shape index (κ2) is 9.40. The third kappa shape index (κ3) is 5.31. The van der Waals surface area contributed by atoms with Crippen molar-refractivity contribution in [1.29, 1.82) is 0 Å². The van der Waals surface area contributed by atoms with Gasteiger partial charge in [0, 0.05) is 19.1 Å². The maximum Gasteiger partial charge on any atom is 0.0218 e. The molecule has 3 nitrogen and oxygen atoms in total. The number of piperidine rings is 2. The quantitative estimate of drug-likeness (QED) is 0.828. The first-order chi connectivity index (χ1) is 7.40. The van der Waals surface area contributed by atoms with Gasteiger partial charge in [-0.1, -0.05) is 6.42 Å². The lowest BCUT2D eigenvalue weighted by molar-refractivity contribution is 0.121. The van der Waals surface area contributed by atoms with Crippen LogP contribution in [0.1, 0.15) is 32.1 Å². The van der Waals surface area contributed by atoms with Crippen molar-refractivity contribution in [3.8, 4) is 0 Å². The van der Waals surface area contributed by atoms with Gasteiger partial charge in [-0.05, 0) is 51.2 Å². The number of nitrogens with one attached hydrogen (secondary N) is 1. The first kappa shape index (κ1) is 17.5. The van der Waals surface area contributed by atoms with Gasteiger partial charge in [-0.2, -0.15) is 0 Å². The molecule has 0 saturated carbocycles. The molecule has 5 heteroatoms. The Kier molecular flexibility index (Phi) is 9.65. The van der Waals surface area contributed by atoms with Crippen molar-refractivity contribution in [2.24, 2.45) is 11.7 Å². The van der Waals surface area contributed by atoms with Crippen LogP contribution >= 0.6 is 24.8 Å². The molecule has 2 aliphatic heterocycles. The Bertz CT molecular complexity index is 187. The summed E-state index contributed by atoms with van der Waals surface area (Å²) in [6.45, 7) is 5.83. The minimum Gasteiger partial charge on any atom is -0.329 e. The average molecular weight is 284 g/mol. The Morgan fingerprint density at radius 2 is 1.94 bits per heavy atom. The summed E-state index contributed by atoms with van der Waals surface area (Å²) in [5, 5.41) is 3.50. The van der Waals surface area contributed by atoms with Gasteiger partial charge in [0.05, 0.1) is 0 Å². The molecular formula is C12H27Cl2N3. The van der Waals surface area contributed by atoms with Crippen molar-refractivity contribution >= 4 is 24.8 Å². The molecule has 0 radical (unpaired) electrons. The zero-order valence-electron chi connectivity index (χ0n) is 10.6. The summed E-state index contributed by atoms with van der Waals surface area (Å²) in [4.78, 5) is 2.64. The highest BCUT2D eigenvalue weighted by Crippen LogP contribution is 2.20. The lowest BCUT2D eigenvalue weighted by Crippen LogP contribution is -2.48. The molecule has 2 aliphatic rings. The fourth-order valence-corrected chi connectivity index (χ4v) is 2.98. The van der Waals surface area contributed by atoms with E-state index in [4.69, 9.17) is 5.73 Å². The largest absolute Gasteiger partial charge is 0.329 e. The van der Waals surface area contributed by atoms with Crippen LogP contribution in [0.15, 0.2) is 0 Å². The Morgan fingerprint density at radius 3 is 2.59 bits per heavy atom. The van der Waals surface area contributed by atoms with E-state index < -0.39 is 0 Å². The summed E-state index contributed by atoms with van der Waals surface area (Å²) >= 11 is 0. The zero-order chi connectivity index (χ0) is 10.5. The van der Waals surface area contributed by atoms with E-state index in [9.17, 15) is 0 Å². The predicted molar refractivity (Wildman–Crippen MR) is 78.4 cm³/mol. The summed E-state index contributed by atoms with van der Waals surface area (Å²) in [5.74, 6) is 0.867. The van der Waals surface area contributed by atoms with Crippen molar-refractivity contribution in [2.75, 3.05) is 32.7 Å². The monoisotopic (exact) mass is 283 g/mol. The van der Waals surface area contributed by atoms with Crippen molar-refractivity contribution in [3.05, 3.63) is 0 Å². The van der Waals surface area contributed by atoms with Crippen LogP contribution in [-0.2, 0) is 0 Å². The molecule has 0 bridgehead atoms. The van der Waals surface area contributed by atoms with E-state index in [2.05, 4.69) is 10.2 Å². The normalized spacial score (nSPS) is 30.2. The minimum atomic E-state index is 0. The molecule has 0 aromatic heterocycles. The van der Waals surface area contributed by atoms with E-state index in [0.29, 0.717) is 6.04 Å². The third-order valence-corrected chi connectivity index (χ3v) is 3.91. The Morgan fingerprint density at radius 1 is 1.12 bits per heavy atom. The van der Waals surface area contributed by atoms with Crippen molar-refractivity contribution < 1.29 is 0 Å².